The molecule has 0 fully saturated rings. The molecule has 0 aliphatic heterocycles. The van der Waals surface area contributed by atoms with E-state index in [4.69, 9.17) is 4.74 Å². The van der Waals surface area contributed by atoms with E-state index in [0.717, 1.165) is 0 Å². The van der Waals surface area contributed by atoms with Crippen molar-refractivity contribution in [2.24, 2.45) is 0 Å². The fourth-order valence-corrected chi connectivity index (χ4v) is 0.850. The summed E-state index contributed by atoms with van der Waals surface area (Å²) in [6, 6.07) is 1.31. The van der Waals surface area contributed by atoms with Gasteiger partial charge in [0.1, 0.15) is 5.75 Å². The van der Waals surface area contributed by atoms with Crippen LogP contribution >= 0.6 is 0 Å². The minimum Gasteiger partial charge on any atom is -0.492 e. The van der Waals surface area contributed by atoms with Crippen LogP contribution in [0.1, 0.15) is 20.8 Å². The predicted molar refractivity (Wildman–Crippen MR) is 56.3 cm³/mol. The van der Waals surface area contributed by atoms with Crippen LogP contribution in [0.15, 0.2) is 12.3 Å². The first-order valence-electron chi connectivity index (χ1n) is 4.74. The second-order valence-electron chi connectivity index (χ2n) is 2.18. The maximum atomic E-state index is 13.0. The van der Waals surface area contributed by atoms with Crippen LogP contribution in [0, 0.1) is 5.82 Å². The zero-order chi connectivity index (χ0) is 11.0. The van der Waals surface area contributed by atoms with E-state index in [0.29, 0.717) is 12.4 Å². The molecular weight excluding hydrogens is 183 g/mol. The quantitative estimate of drug-likeness (QED) is 0.814. The van der Waals surface area contributed by atoms with E-state index in [-0.39, 0.29) is 5.82 Å². The molecule has 1 N–H and O–H groups in total. The molecule has 0 saturated heterocycles. The highest BCUT2D eigenvalue weighted by molar-refractivity contribution is 5.38. The molecule has 14 heavy (non-hydrogen) atoms. The Morgan fingerprint density at radius 2 is 2.14 bits per heavy atom. The van der Waals surface area contributed by atoms with Crippen molar-refractivity contribution in [3.63, 3.8) is 0 Å². The molecule has 0 spiro atoms. The average Bonchev–Trinajstić information content (AvgIpc) is 2.22. The number of pyridine rings is 1. The third kappa shape index (κ3) is 3.60. The number of anilines is 1. The normalized spacial score (nSPS) is 8.64. The summed E-state index contributed by atoms with van der Waals surface area (Å²) in [4.78, 5) is 3.80. The van der Waals surface area contributed by atoms with E-state index in [2.05, 4.69) is 10.3 Å². The highest BCUT2D eigenvalue weighted by Crippen LogP contribution is 2.16. The minimum absolute atomic E-state index is 0.235. The highest BCUT2D eigenvalue weighted by atomic mass is 19.1. The Bertz CT molecular complexity index is 266. The van der Waals surface area contributed by atoms with Crippen molar-refractivity contribution in [2.45, 2.75) is 20.8 Å². The van der Waals surface area contributed by atoms with Gasteiger partial charge in [-0.15, -0.1) is 0 Å². The Kier molecular flexibility index (Phi) is 6.45. The lowest BCUT2D eigenvalue weighted by Crippen LogP contribution is -1.98. The van der Waals surface area contributed by atoms with Crippen LogP contribution in [0.4, 0.5) is 10.2 Å². The number of nitrogens with one attached hydrogen (secondary N) is 1. The van der Waals surface area contributed by atoms with Crippen LogP contribution in [0.25, 0.3) is 0 Å². The molecule has 4 heteroatoms. The number of ether oxygens (including phenoxy) is 1. The van der Waals surface area contributed by atoms with Crippen LogP contribution in [0.2, 0.25) is 0 Å². The van der Waals surface area contributed by atoms with Gasteiger partial charge in [-0.05, 0) is 6.92 Å². The van der Waals surface area contributed by atoms with Crippen molar-refractivity contribution in [3.05, 3.63) is 18.1 Å². The van der Waals surface area contributed by atoms with Gasteiger partial charge in [0.2, 0.25) is 0 Å². The Hall–Kier alpha value is -1.32. The molecule has 80 valence electrons. The fraction of sp³-hybridized carbons (Fsp3) is 0.500. The molecule has 0 radical (unpaired) electrons. The van der Waals surface area contributed by atoms with Gasteiger partial charge >= 0.3 is 0 Å². The van der Waals surface area contributed by atoms with E-state index >= 15 is 0 Å². The lowest BCUT2D eigenvalue weighted by molar-refractivity contribution is 0.337. The van der Waals surface area contributed by atoms with Crippen molar-refractivity contribution in [1.82, 2.24) is 4.98 Å². The molecule has 3 nitrogen and oxygen atoms in total. The average molecular weight is 200 g/mol. The SMILES string of the molecule is CC.CCOc1cnc(NC)c(F)c1. The summed E-state index contributed by atoms with van der Waals surface area (Å²) in [5.41, 5.74) is 0. The van der Waals surface area contributed by atoms with E-state index in [1.54, 1.807) is 7.05 Å². The molecule has 0 atom stereocenters. The molecule has 1 aromatic rings. The first kappa shape index (κ1) is 12.7. The Balaban J connectivity index is 0.000000791. The van der Waals surface area contributed by atoms with Gasteiger partial charge < -0.3 is 10.1 Å². The lowest BCUT2D eigenvalue weighted by Gasteiger charge is -2.04. The van der Waals surface area contributed by atoms with Crippen molar-refractivity contribution < 1.29 is 9.13 Å². The molecule has 0 amide bonds. The van der Waals surface area contributed by atoms with Gasteiger partial charge in [-0.1, -0.05) is 13.8 Å². The topological polar surface area (TPSA) is 34.1 Å². The van der Waals surface area contributed by atoms with Crippen molar-refractivity contribution in [1.29, 1.82) is 0 Å². The second kappa shape index (κ2) is 7.12. The molecule has 1 heterocycles. The molecule has 0 aliphatic carbocycles. The van der Waals surface area contributed by atoms with Gasteiger partial charge in [-0.3, -0.25) is 0 Å². The first-order chi connectivity index (χ1) is 6.77. The third-order valence-corrected chi connectivity index (χ3v) is 1.36. The van der Waals surface area contributed by atoms with Gasteiger partial charge in [-0.25, -0.2) is 9.37 Å². The molecule has 0 aromatic carbocycles. The largest absolute Gasteiger partial charge is 0.492 e. The zero-order valence-corrected chi connectivity index (χ0v) is 9.10. The summed E-state index contributed by atoms with van der Waals surface area (Å²) < 4.78 is 18.0. The van der Waals surface area contributed by atoms with Crippen LogP contribution in [0.5, 0.6) is 5.75 Å². The number of aromatic nitrogens is 1. The summed E-state index contributed by atoms with van der Waals surface area (Å²) in [7, 11) is 1.62. The summed E-state index contributed by atoms with van der Waals surface area (Å²) in [6.45, 7) is 6.35. The molecule has 1 rings (SSSR count). The molecular formula is C10H17FN2O. The fourth-order valence-electron chi connectivity index (χ4n) is 0.850. The first-order valence-corrected chi connectivity index (χ1v) is 4.74. The molecule has 0 unspecified atom stereocenters. The zero-order valence-electron chi connectivity index (χ0n) is 9.10. The Morgan fingerprint density at radius 1 is 1.50 bits per heavy atom. The lowest BCUT2D eigenvalue weighted by atomic mass is 10.4. The van der Waals surface area contributed by atoms with Crippen molar-refractivity contribution >= 4 is 5.82 Å². The van der Waals surface area contributed by atoms with E-state index in [1.807, 2.05) is 20.8 Å². The monoisotopic (exact) mass is 200 g/mol. The van der Waals surface area contributed by atoms with E-state index < -0.39 is 5.82 Å². The van der Waals surface area contributed by atoms with Gasteiger partial charge in [-0.2, -0.15) is 0 Å². The van der Waals surface area contributed by atoms with Crippen molar-refractivity contribution in [2.75, 3.05) is 19.0 Å². The van der Waals surface area contributed by atoms with Crippen LogP contribution in [0.3, 0.4) is 0 Å². The summed E-state index contributed by atoms with van der Waals surface area (Å²) in [5.74, 6) is 0.288. The standard InChI is InChI=1S/C8H11FN2O.C2H6/c1-3-12-6-4-7(9)8(10-2)11-5-6;1-2/h4-5H,3H2,1-2H3,(H,10,11);1-2H3. The summed E-state index contributed by atoms with van der Waals surface area (Å²) in [5, 5.41) is 2.62. The van der Waals surface area contributed by atoms with E-state index in [1.165, 1.54) is 12.3 Å². The number of halogens is 1. The van der Waals surface area contributed by atoms with Gasteiger partial charge in [0.25, 0.3) is 0 Å². The predicted octanol–water partition coefficient (Wildman–Crippen LogP) is 2.69. The van der Waals surface area contributed by atoms with Crippen LogP contribution < -0.4 is 10.1 Å². The second-order valence-corrected chi connectivity index (χ2v) is 2.18. The van der Waals surface area contributed by atoms with Gasteiger partial charge in [0, 0.05) is 13.1 Å². The molecule has 0 saturated carbocycles. The molecule has 0 bridgehead atoms. The number of hydrogen-bond donors (Lipinski definition) is 1. The number of rotatable bonds is 3. The van der Waals surface area contributed by atoms with Gasteiger partial charge in [0.15, 0.2) is 11.6 Å². The smallest absolute Gasteiger partial charge is 0.169 e. The molecule has 0 aliphatic rings. The summed E-state index contributed by atoms with van der Waals surface area (Å²) in [6.07, 6.45) is 1.48. The number of nitrogens with zero attached hydrogens (tertiary/aromatic N) is 1. The maximum Gasteiger partial charge on any atom is 0.169 e. The van der Waals surface area contributed by atoms with Crippen LogP contribution in [-0.2, 0) is 0 Å². The Morgan fingerprint density at radius 3 is 2.57 bits per heavy atom. The molecule has 1 aromatic heterocycles. The third-order valence-electron chi connectivity index (χ3n) is 1.36. The van der Waals surface area contributed by atoms with E-state index in [9.17, 15) is 4.39 Å². The highest BCUT2D eigenvalue weighted by Gasteiger charge is 2.02. The Labute approximate surface area is 84.3 Å². The minimum atomic E-state index is -0.400. The maximum absolute atomic E-state index is 13.0. The summed E-state index contributed by atoms with van der Waals surface area (Å²) >= 11 is 0. The van der Waals surface area contributed by atoms with Crippen LogP contribution in [-0.4, -0.2) is 18.6 Å². The van der Waals surface area contributed by atoms with Crippen molar-refractivity contribution in [3.8, 4) is 5.75 Å². The van der Waals surface area contributed by atoms with Gasteiger partial charge in [0.05, 0.1) is 12.8 Å². The number of hydrogen-bond acceptors (Lipinski definition) is 3.